The summed E-state index contributed by atoms with van der Waals surface area (Å²) in [5, 5.41) is 14.7. The van der Waals surface area contributed by atoms with Gasteiger partial charge in [-0.3, -0.25) is 9.59 Å². The lowest BCUT2D eigenvalue weighted by atomic mass is 9.44. The minimum absolute atomic E-state index is 0.0259. The Labute approximate surface area is 226 Å². The fourth-order valence-corrected chi connectivity index (χ4v) is 10.8. The van der Waals surface area contributed by atoms with E-state index in [1.54, 1.807) is 11.3 Å². The zero-order valence-electron chi connectivity index (χ0n) is 22.4. The minimum Gasteiger partial charge on any atom is -0.393 e. The highest BCUT2D eigenvalue weighted by Crippen LogP contribution is 2.68. The quantitative estimate of drug-likeness (QED) is 0.406. The molecule has 4 aliphatic carbocycles. The third kappa shape index (κ3) is 4.49. The zero-order chi connectivity index (χ0) is 25.8. The van der Waals surface area contributed by atoms with E-state index >= 15 is 0 Å². The molecular formula is C30H44ClNO3S. The van der Waals surface area contributed by atoms with Gasteiger partial charge in [0, 0.05) is 24.1 Å². The number of hydrogen-bond acceptors (Lipinski definition) is 4. The first-order valence-electron chi connectivity index (χ1n) is 14.3. The van der Waals surface area contributed by atoms with Crippen molar-refractivity contribution in [2.45, 2.75) is 104 Å². The topological polar surface area (TPSA) is 66.4 Å². The molecule has 36 heavy (non-hydrogen) atoms. The molecule has 2 N–H and O–H groups in total. The number of nitrogens with one attached hydrogen (secondary N) is 1. The van der Waals surface area contributed by atoms with Crippen LogP contribution in [0.5, 0.6) is 0 Å². The molecule has 1 aromatic heterocycles. The smallest absolute Gasteiger partial charge is 0.220 e. The van der Waals surface area contributed by atoms with Crippen LogP contribution >= 0.6 is 22.9 Å². The van der Waals surface area contributed by atoms with Gasteiger partial charge in [0.2, 0.25) is 5.91 Å². The molecule has 1 amide bonds. The number of ketones is 1. The van der Waals surface area contributed by atoms with Crippen molar-refractivity contribution in [2.24, 2.45) is 46.3 Å². The van der Waals surface area contributed by atoms with Crippen LogP contribution in [0.3, 0.4) is 0 Å². The van der Waals surface area contributed by atoms with Crippen LogP contribution in [0.1, 0.15) is 103 Å². The van der Waals surface area contributed by atoms with Crippen molar-refractivity contribution in [3.63, 3.8) is 0 Å². The molecule has 1 heterocycles. The summed E-state index contributed by atoms with van der Waals surface area (Å²) in [5.41, 5.74) is 0.379. The fraction of sp³-hybridized carbons (Fsp3) is 0.800. The van der Waals surface area contributed by atoms with Crippen molar-refractivity contribution in [1.82, 2.24) is 5.32 Å². The third-order valence-electron chi connectivity index (χ3n) is 11.4. The van der Waals surface area contributed by atoms with Crippen molar-refractivity contribution in [1.29, 1.82) is 0 Å². The maximum Gasteiger partial charge on any atom is 0.220 e. The highest BCUT2D eigenvalue weighted by molar-refractivity contribution is 7.16. The summed E-state index contributed by atoms with van der Waals surface area (Å²) < 4.78 is 0.761. The van der Waals surface area contributed by atoms with Gasteiger partial charge >= 0.3 is 0 Å². The average Bonchev–Trinajstić information content (AvgIpc) is 3.41. The second-order valence-electron chi connectivity index (χ2n) is 13.1. The van der Waals surface area contributed by atoms with E-state index in [0.29, 0.717) is 54.1 Å². The van der Waals surface area contributed by atoms with E-state index < -0.39 is 0 Å². The van der Waals surface area contributed by atoms with E-state index in [9.17, 15) is 14.7 Å². The van der Waals surface area contributed by atoms with E-state index in [-0.39, 0.29) is 28.9 Å². The number of aliphatic hydroxyl groups is 1. The number of amides is 1. The summed E-state index contributed by atoms with van der Waals surface area (Å²) in [6, 6.07) is 3.95. The van der Waals surface area contributed by atoms with Gasteiger partial charge in [0.05, 0.1) is 16.5 Å². The molecule has 0 radical (unpaired) electrons. The van der Waals surface area contributed by atoms with Crippen LogP contribution in [0.15, 0.2) is 12.1 Å². The number of carbonyl (C=O) groups is 2. The van der Waals surface area contributed by atoms with Crippen molar-refractivity contribution in [3.8, 4) is 0 Å². The number of carbonyl (C=O) groups excluding carboxylic acids is 2. The van der Waals surface area contributed by atoms with E-state index in [2.05, 4.69) is 33.0 Å². The lowest BCUT2D eigenvalue weighted by Gasteiger charge is -2.61. The standard InChI is InChI=1S/C30H44ClNO3S/c1-5-23(25-8-9-26(31)36-25)32-27(35)14-17(2)20-6-7-21-28-22(11-13-30(20,21)4)29(3)12-10-19(33)15-18(29)16-24(28)34/h8-9,17-18,20-24,28,34H,5-7,10-16H2,1-4H3,(H,32,35)/t17-,18?,20?,21+,22+,23?,24?,28?,29?,30?/m1/s1. The molecule has 6 heteroatoms. The van der Waals surface area contributed by atoms with E-state index in [1.807, 2.05) is 12.1 Å². The summed E-state index contributed by atoms with van der Waals surface area (Å²) in [7, 11) is 0. The fourth-order valence-electron chi connectivity index (χ4n) is 9.57. The van der Waals surface area contributed by atoms with Crippen molar-refractivity contribution < 1.29 is 14.7 Å². The molecule has 7 unspecified atom stereocenters. The number of thiophene rings is 1. The maximum absolute atomic E-state index is 13.1. The highest BCUT2D eigenvalue weighted by atomic mass is 35.5. The first-order valence-corrected chi connectivity index (χ1v) is 15.5. The average molecular weight is 534 g/mol. The summed E-state index contributed by atoms with van der Waals surface area (Å²) in [5.74, 6) is 3.10. The van der Waals surface area contributed by atoms with Crippen molar-refractivity contribution in [3.05, 3.63) is 21.3 Å². The van der Waals surface area contributed by atoms with Gasteiger partial charge in [-0.25, -0.2) is 0 Å². The van der Waals surface area contributed by atoms with Crippen LogP contribution in [0.25, 0.3) is 0 Å². The van der Waals surface area contributed by atoms with Gasteiger partial charge < -0.3 is 10.4 Å². The Morgan fingerprint density at radius 3 is 2.64 bits per heavy atom. The normalized spacial score (nSPS) is 41.7. The van der Waals surface area contributed by atoms with E-state index in [0.717, 1.165) is 54.2 Å². The minimum atomic E-state index is -0.288. The monoisotopic (exact) mass is 533 g/mol. The predicted octanol–water partition coefficient (Wildman–Crippen LogP) is 7.19. The Morgan fingerprint density at radius 1 is 1.19 bits per heavy atom. The number of Topliss-reactive ketones (excluding diaryl/α,β-unsaturated/α-hetero) is 1. The van der Waals surface area contributed by atoms with E-state index in [4.69, 9.17) is 11.6 Å². The molecule has 0 spiro atoms. The van der Waals surface area contributed by atoms with Gasteiger partial charge in [0.25, 0.3) is 0 Å². The van der Waals surface area contributed by atoms with Crippen LogP contribution in [-0.2, 0) is 9.59 Å². The number of halogens is 1. The third-order valence-corrected chi connectivity index (χ3v) is 12.8. The van der Waals surface area contributed by atoms with Crippen LogP contribution in [0.4, 0.5) is 0 Å². The molecule has 0 aromatic carbocycles. The Bertz CT molecular complexity index is 995. The van der Waals surface area contributed by atoms with Gasteiger partial charge in [0.1, 0.15) is 5.78 Å². The van der Waals surface area contributed by atoms with E-state index in [1.165, 1.54) is 6.42 Å². The van der Waals surface area contributed by atoms with Gasteiger partial charge in [-0.2, -0.15) is 0 Å². The molecule has 0 aliphatic heterocycles. The second-order valence-corrected chi connectivity index (χ2v) is 14.9. The Morgan fingerprint density at radius 2 is 1.94 bits per heavy atom. The summed E-state index contributed by atoms with van der Waals surface area (Å²) >= 11 is 7.68. The molecule has 0 bridgehead atoms. The van der Waals surface area contributed by atoms with Crippen LogP contribution in [-0.4, -0.2) is 22.9 Å². The van der Waals surface area contributed by atoms with Crippen molar-refractivity contribution in [2.75, 3.05) is 0 Å². The Kier molecular flexibility index (Phi) is 7.41. The molecule has 0 saturated heterocycles. The number of rotatable bonds is 6. The molecule has 4 aliphatic rings. The molecule has 4 fully saturated rings. The van der Waals surface area contributed by atoms with Gasteiger partial charge in [-0.1, -0.05) is 39.3 Å². The summed E-state index contributed by atoms with van der Waals surface area (Å²) in [6.07, 6.45) is 8.97. The lowest BCUT2D eigenvalue weighted by Crippen LogP contribution is -2.58. The largest absolute Gasteiger partial charge is 0.393 e. The van der Waals surface area contributed by atoms with Gasteiger partial charge in [-0.05, 0) is 103 Å². The molecule has 4 nitrogen and oxygen atoms in total. The SMILES string of the molecule is CCC(NC(=O)C[C@@H](C)C1CC[C@H]2C3C(O)CC4CC(=O)CCC4(C)[C@H]3CCC12C)c1ccc(Cl)s1. The van der Waals surface area contributed by atoms with Gasteiger partial charge in [-0.15, -0.1) is 11.3 Å². The lowest BCUT2D eigenvalue weighted by molar-refractivity contribution is -0.169. The first-order chi connectivity index (χ1) is 17.1. The Balaban J connectivity index is 1.27. The summed E-state index contributed by atoms with van der Waals surface area (Å²) in [6.45, 7) is 9.27. The van der Waals surface area contributed by atoms with Crippen LogP contribution < -0.4 is 5.32 Å². The highest BCUT2D eigenvalue weighted by Gasteiger charge is 2.62. The van der Waals surface area contributed by atoms with Crippen LogP contribution in [0, 0.1) is 46.3 Å². The molecular weight excluding hydrogens is 490 g/mol. The molecule has 4 saturated carbocycles. The van der Waals surface area contributed by atoms with Crippen LogP contribution in [0.2, 0.25) is 4.34 Å². The maximum atomic E-state index is 13.1. The number of hydrogen-bond donors (Lipinski definition) is 2. The van der Waals surface area contributed by atoms with Crippen molar-refractivity contribution >= 4 is 34.6 Å². The predicted molar refractivity (Wildman–Crippen MR) is 146 cm³/mol. The van der Waals surface area contributed by atoms with Gasteiger partial charge in [0.15, 0.2) is 0 Å². The molecule has 200 valence electrons. The second kappa shape index (κ2) is 10.0. The molecule has 10 atom stereocenters. The molecule has 1 aromatic rings. The number of aliphatic hydroxyl groups excluding tert-OH is 1. The Hall–Kier alpha value is -0.910. The number of fused-ring (bicyclic) bond motifs is 5. The first kappa shape index (κ1) is 26.7. The summed E-state index contributed by atoms with van der Waals surface area (Å²) in [4.78, 5) is 26.5. The zero-order valence-corrected chi connectivity index (χ0v) is 24.0. The molecule has 5 rings (SSSR count).